The molecule has 1 aromatic carbocycles. The largest absolute Gasteiger partial charge is 0.330 e. The Balaban J connectivity index is 2.75. The number of hydrogen-bond acceptors (Lipinski definition) is 2. The van der Waals surface area contributed by atoms with Gasteiger partial charge in [-0.05, 0) is 5.56 Å². The highest BCUT2D eigenvalue weighted by molar-refractivity contribution is 5.20. The molecule has 1 rings (SSSR count). The Kier molecular flexibility index (Phi) is 3.31. The maximum absolute atomic E-state index is 8.52. The fourth-order valence-electron chi connectivity index (χ4n) is 1.17. The van der Waals surface area contributed by atoms with Crippen molar-refractivity contribution in [3.05, 3.63) is 35.9 Å². The summed E-state index contributed by atoms with van der Waals surface area (Å²) in [6.45, 7) is 0.539. The molecule has 0 aromatic heterocycles. The molecule has 62 valence electrons. The van der Waals surface area contributed by atoms with Gasteiger partial charge >= 0.3 is 0 Å². The number of nitrogens with two attached hydrogens (primary N) is 1. The summed E-state index contributed by atoms with van der Waals surface area (Å²) in [5, 5.41) is 8.52. The van der Waals surface area contributed by atoms with Crippen LogP contribution in [0.5, 0.6) is 0 Å². The Hall–Kier alpha value is -1.33. The SMILES string of the molecule is N#CC[C@@H](CN)c1ccccc1. The third-order valence-electron chi connectivity index (χ3n) is 1.89. The van der Waals surface area contributed by atoms with E-state index in [0.29, 0.717) is 13.0 Å². The highest BCUT2D eigenvalue weighted by atomic mass is 14.5. The second-order valence-corrected chi connectivity index (χ2v) is 2.71. The Labute approximate surface area is 72.6 Å². The van der Waals surface area contributed by atoms with E-state index in [-0.39, 0.29) is 5.92 Å². The summed E-state index contributed by atoms with van der Waals surface area (Å²) in [5.41, 5.74) is 6.69. The van der Waals surface area contributed by atoms with E-state index in [0.717, 1.165) is 5.56 Å². The smallest absolute Gasteiger partial charge is 0.0628 e. The highest BCUT2D eigenvalue weighted by Gasteiger charge is 2.07. The summed E-state index contributed by atoms with van der Waals surface area (Å²) < 4.78 is 0. The van der Waals surface area contributed by atoms with Crippen LogP contribution in [0.25, 0.3) is 0 Å². The van der Waals surface area contributed by atoms with Gasteiger partial charge in [0.2, 0.25) is 0 Å². The molecule has 0 unspecified atom stereocenters. The third kappa shape index (κ3) is 2.08. The molecule has 12 heavy (non-hydrogen) atoms. The predicted octanol–water partition coefficient (Wildman–Crippen LogP) is 1.64. The first-order valence-corrected chi connectivity index (χ1v) is 4.00. The molecule has 2 nitrogen and oxygen atoms in total. The van der Waals surface area contributed by atoms with Crippen molar-refractivity contribution in [3.8, 4) is 6.07 Å². The lowest BCUT2D eigenvalue weighted by molar-refractivity contribution is 0.717. The van der Waals surface area contributed by atoms with Crippen molar-refractivity contribution in [1.82, 2.24) is 0 Å². The monoisotopic (exact) mass is 160 g/mol. The molecule has 0 bridgehead atoms. The molecule has 2 N–H and O–H groups in total. The van der Waals surface area contributed by atoms with Gasteiger partial charge in [-0.3, -0.25) is 0 Å². The fourth-order valence-corrected chi connectivity index (χ4v) is 1.17. The van der Waals surface area contributed by atoms with E-state index in [4.69, 9.17) is 11.0 Å². The normalized spacial score (nSPS) is 12.0. The van der Waals surface area contributed by atoms with E-state index in [1.807, 2.05) is 30.3 Å². The average molecular weight is 160 g/mol. The Morgan fingerprint density at radius 1 is 1.33 bits per heavy atom. The van der Waals surface area contributed by atoms with Crippen LogP contribution in [-0.2, 0) is 0 Å². The van der Waals surface area contributed by atoms with Gasteiger partial charge in [0, 0.05) is 18.9 Å². The van der Waals surface area contributed by atoms with E-state index in [2.05, 4.69) is 6.07 Å². The summed E-state index contributed by atoms with van der Waals surface area (Å²) in [4.78, 5) is 0. The number of rotatable bonds is 3. The minimum absolute atomic E-state index is 0.191. The first-order valence-electron chi connectivity index (χ1n) is 4.00. The van der Waals surface area contributed by atoms with E-state index in [9.17, 15) is 0 Å². The van der Waals surface area contributed by atoms with Gasteiger partial charge in [0.05, 0.1) is 6.07 Å². The molecular weight excluding hydrogens is 148 g/mol. The highest BCUT2D eigenvalue weighted by Crippen LogP contribution is 2.16. The van der Waals surface area contributed by atoms with E-state index in [1.54, 1.807) is 0 Å². The maximum atomic E-state index is 8.52. The van der Waals surface area contributed by atoms with Gasteiger partial charge in [-0.25, -0.2) is 0 Å². The molecule has 0 heterocycles. The van der Waals surface area contributed by atoms with Crippen LogP contribution in [-0.4, -0.2) is 6.54 Å². The molecule has 0 radical (unpaired) electrons. The van der Waals surface area contributed by atoms with Crippen LogP contribution in [0.3, 0.4) is 0 Å². The van der Waals surface area contributed by atoms with Gasteiger partial charge in [0.1, 0.15) is 0 Å². The molecule has 0 saturated carbocycles. The van der Waals surface area contributed by atoms with Gasteiger partial charge in [-0.2, -0.15) is 5.26 Å². The summed E-state index contributed by atoms with van der Waals surface area (Å²) >= 11 is 0. The van der Waals surface area contributed by atoms with Crippen LogP contribution >= 0.6 is 0 Å². The summed E-state index contributed by atoms with van der Waals surface area (Å²) in [6, 6.07) is 12.1. The predicted molar refractivity (Wildman–Crippen MR) is 48.5 cm³/mol. The van der Waals surface area contributed by atoms with Gasteiger partial charge in [-0.15, -0.1) is 0 Å². The zero-order valence-corrected chi connectivity index (χ0v) is 6.90. The van der Waals surface area contributed by atoms with Crippen LogP contribution in [0.1, 0.15) is 17.9 Å². The van der Waals surface area contributed by atoms with Gasteiger partial charge < -0.3 is 5.73 Å². The van der Waals surface area contributed by atoms with Crippen LogP contribution in [0.4, 0.5) is 0 Å². The molecular formula is C10H12N2. The van der Waals surface area contributed by atoms with Crippen molar-refractivity contribution in [2.24, 2.45) is 5.73 Å². The summed E-state index contributed by atoms with van der Waals surface area (Å²) in [6.07, 6.45) is 0.501. The second kappa shape index (κ2) is 4.53. The van der Waals surface area contributed by atoms with Crippen molar-refractivity contribution in [2.75, 3.05) is 6.54 Å². The minimum atomic E-state index is 0.191. The molecule has 0 amide bonds. The molecule has 0 spiro atoms. The van der Waals surface area contributed by atoms with Crippen LogP contribution in [0.2, 0.25) is 0 Å². The molecule has 0 aliphatic carbocycles. The topological polar surface area (TPSA) is 49.8 Å². The summed E-state index contributed by atoms with van der Waals surface area (Å²) in [5.74, 6) is 0.191. The van der Waals surface area contributed by atoms with Crippen molar-refractivity contribution in [2.45, 2.75) is 12.3 Å². The van der Waals surface area contributed by atoms with Gasteiger partial charge in [-0.1, -0.05) is 30.3 Å². The third-order valence-corrected chi connectivity index (χ3v) is 1.89. The zero-order chi connectivity index (χ0) is 8.81. The lowest BCUT2D eigenvalue weighted by Crippen LogP contribution is -2.11. The van der Waals surface area contributed by atoms with E-state index in [1.165, 1.54) is 0 Å². The molecule has 0 saturated heterocycles. The first-order chi connectivity index (χ1) is 5.88. The van der Waals surface area contributed by atoms with Gasteiger partial charge in [0.15, 0.2) is 0 Å². The molecule has 1 aromatic rings. The second-order valence-electron chi connectivity index (χ2n) is 2.71. The van der Waals surface area contributed by atoms with Gasteiger partial charge in [0.25, 0.3) is 0 Å². The van der Waals surface area contributed by atoms with E-state index >= 15 is 0 Å². The van der Waals surface area contributed by atoms with Crippen LogP contribution < -0.4 is 5.73 Å². The van der Waals surface area contributed by atoms with Crippen molar-refractivity contribution in [1.29, 1.82) is 5.26 Å². The van der Waals surface area contributed by atoms with Crippen LogP contribution in [0.15, 0.2) is 30.3 Å². The fraction of sp³-hybridized carbons (Fsp3) is 0.300. The molecule has 0 fully saturated rings. The lowest BCUT2D eigenvalue weighted by atomic mass is 9.97. The first kappa shape index (κ1) is 8.76. The minimum Gasteiger partial charge on any atom is -0.330 e. The number of benzene rings is 1. The zero-order valence-electron chi connectivity index (χ0n) is 6.90. The summed E-state index contributed by atoms with van der Waals surface area (Å²) in [7, 11) is 0. The molecule has 0 aliphatic heterocycles. The van der Waals surface area contributed by atoms with Crippen LogP contribution in [0, 0.1) is 11.3 Å². The molecule has 0 aliphatic rings. The maximum Gasteiger partial charge on any atom is 0.0628 e. The lowest BCUT2D eigenvalue weighted by Gasteiger charge is -2.09. The Bertz CT molecular complexity index is 261. The van der Waals surface area contributed by atoms with Crippen molar-refractivity contribution >= 4 is 0 Å². The number of nitrogens with zero attached hydrogens (tertiary/aromatic N) is 1. The van der Waals surface area contributed by atoms with Crippen molar-refractivity contribution in [3.63, 3.8) is 0 Å². The quantitative estimate of drug-likeness (QED) is 0.730. The molecule has 1 atom stereocenters. The Morgan fingerprint density at radius 3 is 2.50 bits per heavy atom. The Morgan fingerprint density at radius 2 is 2.00 bits per heavy atom. The number of hydrogen-bond donors (Lipinski definition) is 1. The van der Waals surface area contributed by atoms with E-state index < -0.39 is 0 Å². The van der Waals surface area contributed by atoms with Crippen molar-refractivity contribution < 1.29 is 0 Å². The average Bonchev–Trinajstić information content (AvgIpc) is 2.15. The molecule has 2 heteroatoms. The standard InChI is InChI=1S/C10H12N2/c11-7-6-10(8-12)9-4-2-1-3-5-9/h1-5,10H,6,8,12H2/t10-/m0/s1. The number of nitriles is 1.